The van der Waals surface area contributed by atoms with E-state index in [2.05, 4.69) is 4.98 Å². The number of carbonyl (C=O) groups is 2. The topological polar surface area (TPSA) is 126 Å². The van der Waals surface area contributed by atoms with Crippen LogP contribution >= 0.6 is 0 Å². The second kappa shape index (κ2) is 8.83. The average molecular weight is 442 g/mol. The fourth-order valence-electron chi connectivity index (χ4n) is 3.23. The monoisotopic (exact) mass is 442 g/mol. The molecule has 9 heteroatoms. The van der Waals surface area contributed by atoms with Crippen molar-refractivity contribution in [2.75, 3.05) is 6.61 Å². The number of aromatic nitrogens is 1. The van der Waals surface area contributed by atoms with Gasteiger partial charge in [0.15, 0.2) is 0 Å². The lowest BCUT2D eigenvalue weighted by atomic mass is 10.0. The van der Waals surface area contributed by atoms with Crippen LogP contribution in [0.4, 0.5) is 0 Å². The minimum absolute atomic E-state index is 0.0571. The number of carbonyl (C=O) groups excluding carboxylic acids is 2. The first-order chi connectivity index (χ1) is 14.6. The van der Waals surface area contributed by atoms with Crippen molar-refractivity contribution in [2.24, 2.45) is 5.14 Å². The van der Waals surface area contributed by atoms with Crippen LogP contribution in [0.25, 0.3) is 10.9 Å². The molecule has 8 nitrogen and oxygen atoms in total. The molecule has 3 rings (SSSR count). The van der Waals surface area contributed by atoms with Crippen LogP contribution in [0.2, 0.25) is 0 Å². The lowest BCUT2D eigenvalue weighted by Crippen LogP contribution is -2.16. The SMILES string of the molecule is CCOC(=O)c1c(COC(=O)c2cc(S(N)(=O)=O)ccc2C)nc2ccccc2c1C. The molecule has 0 aliphatic rings. The van der Waals surface area contributed by atoms with Crippen molar-refractivity contribution >= 4 is 32.9 Å². The Hall–Kier alpha value is -3.30. The van der Waals surface area contributed by atoms with Crippen LogP contribution in [0.1, 0.15) is 44.5 Å². The molecule has 3 aromatic rings. The van der Waals surface area contributed by atoms with Crippen molar-refractivity contribution in [3.8, 4) is 0 Å². The highest BCUT2D eigenvalue weighted by Crippen LogP contribution is 2.25. The molecule has 162 valence electrons. The number of hydrogen-bond acceptors (Lipinski definition) is 7. The van der Waals surface area contributed by atoms with Gasteiger partial charge in [0.1, 0.15) is 6.61 Å². The Morgan fingerprint density at radius 3 is 2.42 bits per heavy atom. The minimum atomic E-state index is -3.98. The number of hydrogen-bond donors (Lipinski definition) is 1. The molecule has 0 saturated carbocycles. The molecule has 0 atom stereocenters. The van der Waals surface area contributed by atoms with Crippen LogP contribution in [-0.2, 0) is 26.1 Å². The minimum Gasteiger partial charge on any atom is -0.462 e. The van der Waals surface area contributed by atoms with E-state index in [4.69, 9.17) is 14.6 Å². The molecule has 0 amide bonds. The van der Waals surface area contributed by atoms with E-state index < -0.39 is 22.0 Å². The van der Waals surface area contributed by atoms with E-state index in [-0.39, 0.29) is 34.9 Å². The Labute approximate surface area is 180 Å². The number of primary sulfonamides is 1. The van der Waals surface area contributed by atoms with Crippen LogP contribution in [0.5, 0.6) is 0 Å². The first kappa shape index (κ1) is 22.4. The van der Waals surface area contributed by atoms with Crippen molar-refractivity contribution < 1.29 is 27.5 Å². The van der Waals surface area contributed by atoms with Gasteiger partial charge in [-0.05, 0) is 50.1 Å². The number of aryl methyl sites for hydroxylation is 2. The smallest absolute Gasteiger partial charge is 0.340 e. The Morgan fingerprint density at radius 2 is 1.74 bits per heavy atom. The van der Waals surface area contributed by atoms with Crippen molar-refractivity contribution in [3.05, 3.63) is 70.4 Å². The summed E-state index contributed by atoms with van der Waals surface area (Å²) in [4.78, 5) is 29.5. The first-order valence-corrected chi connectivity index (χ1v) is 11.0. The van der Waals surface area contributed by atoms with Gasteiger partial charge >= 0.3 is 11.9 Å². The molecule has 0 aliphatic heterocycles. The lowest BCUT2D eigenvalue weighted by Gasteiger charge is -2.14. The summed E-state index contributed by atoms with van der Waals surface area (Å²) in [5, 5.41) is 5.94. The van der Waals surface area contributed by atoms with Crippen molar-refractivity contribution in [3.63, 3.8) is 0 Å². The summed E-state index contributed by atoms with van der Waals surface area (Å²) >= 11 is 0. The van der Waals surface area contributed by atoms with Crippen LogP contribution < -0.4 is 5.14 Å². The number of esters is 2. The largest absolute Gasteiger partial charge is 0.462 e. The number of nitrogens with zero attached hydrogens (tertiary/aromatic N) is 1. The van der Waals surface area contributed by atoms with Gasteiger partial charge < -0.3 is 9.47 Å². The van der Waals surface area contributed by atoms with Crippen molar-refractivity contribution in [1.82, 2.24) is 4.98 Å². The van der Waals surface area contributed by atoms with Crippen LogP contribution in [0.3, 0.4) is 0 Å². The zero-order chi connectivity index (χ0) is 22.8. The maximum atomic E-state index is 12.7. The Kier molecular flexibility index (Phi) is 6.37. The molecule has 0 radical (unpaired) electrons. The maximum Gasteiger partial charge on any atom is 0.340 e. The van der Waals surface area contributed by atoms with E-state index in [9.17, 15) is 18.0 Å². The van der Waals surface area contributed by atoms with Gasteiger partial charge in [-0.2, -0.15) is 0 Å². The predicted octanol–water partition coefficient (Wildman–Crippen LogP) is 3.03. The molecule has 0 spiro atoms. The quantitative estimate of drug-likeness (QED) is 0.582. The second-order valence-electron chi connectivity index (χ2n) is 6.89. The normalized spacial score (nSPS) is 11.4. The maximum absolute atomic E-state index is 12.7. The average Bonchev–Trinajstić information content (AvgIpc) is 2.71. The highest BCUT2D eigenvalue weighted by molar-refractivity contribution is 7.89. The van der Waals surface area contributed by atoms with Crippen molar-refractivity contribution in [2.45, 2.75) is 32.3 Å². The highest BCUT2D eigenvalue weighted by Gasteiger charge is 2.22. The third kappa shape index (κ3) is 4.73. The van der Waals surface area contributed by atoms with Crippen LogP contribution in [0, 0.1) is 13.8 Å². The Bertz CT molecular complexity index is 1280. The number of pyridine rings is 1. The molecule has 0 fully saturated rings. The Balaban J connectivity index is 1.98. The number of fused-ring (bicyclic) bond motifs is 1. The summed E-state index contributed by atoms with van der Waals surface area (Å²) in [6.45, 7) is 5.01. The van der Waals surface area contributed by atoms with Gasteiger partial charge in [0.05, 0.1) is 33.8 Å². The third-order valence-corrected chi connectivity index (χ3v) is 5.72. The van der Waals surface area contributed by atoms with Crippen LogP contribution in [0.15, 0.2) is 47.4 Å². The number of rotatable bonds is 6. The van der Waals surface area contributed by atoms with E-state index in [0.717, 1.165) is 5.39 Å². The van der Waals surface area contributed by atoms with E-state index in [0.29, 0.717) is 16.6 Å². The summed E-state index contributed by atoms with van der Waals surface area (Å²) in [6, 6.07) is 11.2. The number of para-hydroxylation sites is 1. The number of sulfonamides is 1. The van der Waals surface area contributed by atoms with Gasteiger partial charge in [0.2, 0.25) is 10.0 Å². The van der Waals surface area contributed by atoms with Gasteiger partial charge in [0, 0.05) is 5.39 Å². The van der Waals surface area contributed by atoms with Gasteiger partial charge in [-0.1, -0.05) is 24.3 Å². The molecule has 0 bridgehead atoms. The molecule has 31 heavy (non-hydrogen) atoms. The number of ether oxygens (including phenoxy) is 2. The summed E-state index contributed by atoms with van der Waals surface area (Å²) in [6.07, 6.45) is 0. The van der Waals surface area contributed by atoms with Gasteiger partial charge in [0.25, 0.3) is 0 Å². The van der Waals surface area contributed by atoms with Crippen LogP contribution in [-0.4, -0.2) is 31.9 Å². The molecule has 2 N–H and O–H groups in total. The van der Waals surface area contributed by atoms with Crippen molar-refractivity contribution in [1.29, 1.82) is 0 Å². The summed E-state index contributed by atoms with van der Waals surface area (Å²) in [7, 11) is -3.98. The fourth-order valence-corrected chi connectivity index (χ4v) is 3.77. The van der Waals surface area contributed by atoms with Gasteiger partial charge in [-0.3, -0.25) is 0 Å². The third-order valence-electron chi connectivity index (χ3n) is 4.80. The Morgan fingerprint density at radius 1 is 1.03 bits per heavy atom. The standard InChI is InChI=1S/C22H22N2O6S/c1-4-29-22(26)20-14(3)16-7-5-6-8-18(16)24-19(20)12-30-21(25)17-11-15(31(23,27)28)10-9-13(17)2/h5-11H,4,12H2,1-3H3,(H2,23,27,28). The van der Waals surface area contributed by atoms with E-state index in [1.165, 1.54) is 18.2 Å². The molecule has 0 saturated heterocycles. The summed E-state index contributed by atoms with van der Waals surface area (Å²) < 4.78 is 33.8. The molecule has 0 unspecified atom stereocenters. The molecule has 1 aromatic heterocycles. The molecule has 1 heterocycles. The van der Waals surface area contributed by atoms with E-state index in [1.54, 1.807) is 26.8 Å². The summed E-state index contributed by atoms with van der Waals surface area (Å²) in [5.74, 6) is -1.32. The zero-order valence-electron chi connectivity index (χ0n) is 17.3. The molecular formula is C22H22N2O6S. The van der Waals surface area contributed by atoms with Gasteiger partial charge in [-0.25, -0.2) is 28.1 Å². The predicted molar refractivity (Wildman–Crippen MR) is 114 cm³/mol. The van der Waals surface area contributed by atoms with E-state index >= 15 is 0 Å². The first-order valence-electron chi connectivity index (χ1n) is 9.49. The number of nitrogens with two attached hydrogens (primary N) is 1. The molecular weight excluding hydrogens is 420 g/mol. The second-order valence-corrected chi connectivity index (χ2v) is 8.46. The zero-order valence-corrected chi connectivity index (χ0v) is 18.2. The fraction of sp³-hybridized carbons (Fsp3) is 0.227. The summed E-state index contributed by atoms with van der Waals surface area (Å²) in [5.41, 5.74) is 2.38. The molecule has 2 aromatic carbocycles. The number of benzene rings is 2. The van der Waals surface area contributed by atoms with Gasteiger partial charge in [-0.15, -0.1) is 0 Å². The molecule has 0 aliphatic carbocycles. The lowest BCUT2D eigenvalue weighted by molar-refractivity contribution is 0.0443. The highest BCUT2D eigenvalue weighted by atomic mass is 32.2. The van der Waals surface area contributed by atoms with E-state index in [1.807, 2.05) is 18.2 Å².